The second-order valence-electron chi connectivity index (χ2n) is 4.02. The van der Waals surface area contributed by atoms with Gasteiger partial charge >= 0.3 is 6.01 Å². The third-order valence-electron chi connectivity index (χ3n) is 2.69. The fraction of sp³-hybridized carbons (Fsp3) is 0.667. The number of anilines is 2. The molecule has 0 aliphatic carbocycles. The highest BCUT2D eigenvalue weighted by Gasteiger charge is 2.15. The number of ether oxygens (including phenoxy) is 1. The van der Waals surface area contributed by atoms with Crippen molar-refractivity contribution in [1.82, 2.24) is 24.9 Å². The van der Waals surface area contributed by atoms with Gasteiger partial charge in [0.25, 0.3) is 0 Å². The van der Waals surface area contributed by atoms with Crippen molar-refractivity contribution in [3.05, 3.63) is 0 Å². The third kappa shape index (κ3) is 3.15. The molecule has 1 aliphatic heterocycles. The fourth-order valence-corrected chi connectivity index (χ4v) is 1.62. The van der Waals surface area contributed by atoms with Gasteiger partial charge in [0.2, 0.25) is 11.9 Å². The van der Waals surface area contributed by atoms with Crippen molar-refractivity contribution in [3.63, 3.8) is 0 Å². The normalized spacial score (nSPS) is 17.5. The molecule has 1 aromatic rings. The molecule has 1 aliphatic rings. The molecular weight excluding hydrogens is 236 g/mol. The van der Waals surface area contributed by atoms with Gasteiger partial charge in [0, 0.05) is 26.2 Å². The average Bonchev–Trinajstić information content (AvgIpc) is 2.41. The zero-order chi connectivity index (χ0) is 13.0. The highest BCUT2D eigenvalue weighted by atomic mass is 16.5. The molecule has 9 heteroatoms. The maximum Gasteiger partial charge on any atom is 0.322 e. The Labute approximate surface area is 105 Å². The number of piperazine rings is 1. The van der Waals surface area contributed by atoms with E-state index in [1.165, 1.54) is 7.11 Å². The zero-order valence-corrected chi connectivity index (χ0v) is 10.6. The molecule has 18 heavy (non-hydrogen) atoms. The van der Waals surface area contributed by atoms with Crippen molar-refractivity contribution in [3.8, 4) is 6.01 Å². The van der Waals surface area contributed by atoms with Gasteiger partial charge in [-0.05, 0) is 7.05 Å². The molecular formula is C9H18N8O. The van der Waals surface area contributed by atoms with Crippen LogP contribution in [-0.2, 0) is 0 Å². The number of methoxy groups -OCH3 is 1. The Bertz CT molecular complexity index is 370. The van der Waals surface area contributed by atoms with Gasteiger partial charge in [-0.15, -0.1) is 0 Å². The van der Waals surface area contributed by atoms with E-state index < -0.39 is 0 Å². The molecule has 0 spiro atoms. The Hall–Kier alpha value is -1.71. The van der Waals surface area contributed by atoms with Gasteiger partial charge in [-0.2, -0.15) is 15.0 Å². The molecule has 0 unspecified atom stereocenters. The lowest BCUT2D eigenvalue weighted by molar-refractivity contribution is 0.178. The zero-order valence-electron chi connectivity index (χ0n) is 10.6. The summed E-state index contributed by atoms with van der Waals surface area (Å²) in [5.41, 5.74) is 5.50. The standard InChI is InChI=1S/C9H18N8O/c1-16-3-5-17(6-4-16)15-8-11-7(14-10)12-9(13-8)18-2/h3-6,10H2,1-2H3,(H2,11,12,13,14,15). The first-order valence-electron chi connectivity index (χ1n) is 5.68. The number of aromatic nitrogens is 3. The molecule has 0 aromatic carbocycles. The average molecular weight is 254 g/mol. The van der Waals surface area contributed by atoms with E-state index in [-0.39, 0.29) is 12.0 Å². The van der Waals surface area contributed by atoms with Crippen LogP contribution < -0.4 is 21.4 Å². The molecule has 0 radical (unpaired) electrons. The first-order valence-corrected chi connectivity index (χ1v) is 5.68. The summed E-state index contributed by atoms with van der Waals surface area (Å²) in [5, 5.41) is 2.05. The Kier molecular flexibility index (Phi) is 4.07. The number of nitrogen functional groups attached to an aromatic ring is 1. The Balaban J connectivity index is 2.03. The van der Waals surface area contributed by atoms with Crippen LogP contribution >= 0.6 is 0 Å². The number of nitrogens with zero attached hydrogens (tertiary/aromatic N) is 5. The van der Waals surface area contributed by atoms with Crippen LogP contribution in [0.5, 0.6) is 6.01 Å². The minimum absolute atomic E-state index is 0.217. The highest BCUT2D eigenvalue weighted by molar-refractivity contribution is 5.34. The molecule has 9 nitrogen and oxygen atoms in total. The first kappa shape index (κ1) is 12.7. The summed E-state index contributed by atoms with van der Waals surface area (Å²) in [6, 6.07) is 0.217. The number of hydrogen-bond acceptors (Lipinski definition) is 9. The van der Waals surface area contributed by atoms with Gasteiger partial charge in [0.05, 0.1) is 7.11 Å². The van der Waals surface area contributed by atoms with E-state index in [1.54, 1.807) is 0 Å². The van der Waals surface area contributed by atoms with Crippen LogP contribution in [0.15, 0.2) is 0 Å². The van der Waals surface area contributed by atoms with E-state index >= 15 is 0 Å². The molecule has 0 bridgehead atoms. The molecule has 2 heterocycles. The topological polar surface area (TPSA) is 104 Å². The van der Waals surface area contributed by atoms with Crippen molar-refractivity contribution >= 4 is 11.9 Å². The van der Waals surface area contributed by atoms with Gasteiger partial charge in [0.15, 0.2) is 0 Å². The van der Waals surface area contributed by atoms with E-state index in [0.29, 0.717) is 5.95 Å². The van der Waals surface area contributed by atoms with Crippen LogP contribution in [0.4, 0.5) is 11.9 Å². The summed E-state index contributed by atoms with van der Waals surface area (Å²) in [4.78, 5) is 14.4. The summed E-state index contributed by atoms with van der Waals surface area (Å²) in [5.74, 6) is 5.97. The quantitative estimate of drug-likeness (QED) is 0.448. The number of likely N-dealkylation sites (N-methyl/N-ethyl adjacent to an activating group) is 1. The van der Waals surface area contributed by atoms with Crippen LogP contribution in [0, 0.1) is 0 Å². The van der Waals surface area contributed by atoms with Crippen molar-refractivity contribution in [2.24, 2.45) is 5.84 Å². The lowest BCUT2D eigenvalue weighted by Crippen LogP contribution is -2.47. The second kappa shape index (κ2) is 5.76. The maximum absolute atomic E-state index is 5.29. The van der Waals surface area contributed by atoms with Crippen molar-refractivity contribution in [2.45, 2.75) is 0 Å². The molecule has 2 rings (SSSR count). The highest BCUT2D eigenvalue weighted by Crippen LogP contribution is 2.11. The van der Waals surface area contributed by atoms with Gasteiger partial charge in [-0.3, -0.25) is 10.9 Å². The second-order valence-corrected chi connectivity index (χ2v) is 4.02. The van der Waals surface area contributed by atoms with Gasteiger partial charge in [-0.1, -0.05) is 0 Å². The van der Waals surface area contributed by atoms with Crippen LogP contribution in [-0.4, -0.2) is 65.2 Å². The fourth-order valence-electron chi connectivity index (χ4n) is 1.62. The number of nitrogens with one attached hydrogen (secondary N) is 2. The number of hydrazine groups is 2. The van der Waals surface area contributed by atoms with E-state index in [4.69, 9.17) is 10.6 Å². The third-order valence-corrected chi connectivity index (χ3v) is 2.69. The number of rotatable bonds is 4. The minimum atomic E-state index is 0.217. The van der Waals surface area contributed by atoms with Crippen LogP contribution in [0.25, 0.3) is 0 Å². The number of hydrogen-bond donors (Lipinski definition) is 3. The summed E-state index contributed by atoms with van der Waals surface area (Å²) < 4.78 is 4.98. The monoisotopic (exact) mass is 254 g/mol. The SMILES string of the molecule is COc1nc(NN)nc(NN2CCN(C)CC2)n1. The molecule has 0 amide bonds. The summed E-state index contributed by atoms with van der Waals surface area (Å²) in [6.07, 6.45) is 0. The predicted octanol–water partition coefficient (Wildman–Crippen LogP) is -1.26. The van der Waals surface area contributed by atoms with Crippen molar-refractivity contribution in [1.29, 1.82) is 0 Å². The Morgan fingerprint density at radius 3 is 2.39 bits per heavy atom. The number of nitrogens with two attached hydrogens (primary N) is 1. The summed E-state index contributed by atoms with van der Waals surface area (Å²) >= 11 is 0. The van der Waals surface area contributed by atoms with Gasteiger partial charge < -0.3 is 9.64 Å². The summed E-state index contributed by atoms with van der Waals surface area (Å²) in [6.45, 7) is 3.79. The molecule has 1 saturated heterocycles. The Morgan fingerprint density at radius 2 is 1.78 bits per heavy atom. The first-order chi connectivity index (χ1) is 8.71. The van der Waals surface area contributed by atoms with Crippen molar-refractivity contribution in [2.75, 3.05) is 51.2 Å². The smallest absolute Gasteiger partial charge is 0.322 e. The molecule has 100 valence electrons. The predicted molar refractivity (Wildman–Crippen MR) is 66.9 cm³/mol. The molecule has 0 atom stereocenters. The summed E-state index contributed by atoms with van der Waals surface area (Å²) in [7, 11) is 3.59. The molecule has 4 N–H and O–H groups in total. The van der Waals surface area contributed by atoms with Gasteiger partial charge in [0.1, 0.15) is 0 Å². The molecule has 1 aromatic heterocycles. The van der Waals surface area contributed by atoms with Crippen LogP contribution in [0.1, 0.15) is 0 Å². The van der Waals surface area contributed by atoms with E-state index in [2.05, 4.69) is 42.8 Å². The van der Waals surface area contributed by atoms with E-state index in [0.717, 1.165) is 26.2 Å². The maximum atomic E-state index is 5.29. The van der Waals surface area contributed by atoms with Crippen LogP contribution in [0.3, 0.4) is 0 Å². The van der Waals surface area contributed by atoms with Crippen molar-refractivity contribution < 1.29 is 4.74 Å². The van der Waals surface area contributed by atoms with E-state index in [1.807, 2.05) is 0 Å². The molecule has 0 saturated carbocycles. The van der Waals surface area contributed by atoms with Crippen LogP contribution in [0.2, 0.25) is 0 Å². The largest absolute Gasteiger partial charge is 0.467 e. The van der Waals surface area contributed by atoms with Gasteiger partial charge in [-0.25, -0.2) is 10.9 Å². The Morgan fingerprint density at radius 1 is 1.11 bits per heavy atom. The lowest BCUT2D eigenvalue weighted by atomic mass is 10.4. The lowest BCUT2D eigenvalue weighted by Gasteiger charge is -2.32. The molecule has 1 fully saturated rings. The minimum Gasteiger partial charge on any atom is -0.467 e. The van der Waals surface area contributed by atoms with E-state index in [9.17, 15) is 0 Å².